The maximum Gasteiger partial charge on any atom is 0.319 e. The number of anilines is 1. The summed E-state index contributed by atoms with van der Waals surface area (Å²) < 4.78 is 0. The van der Waals surface area contributed by atoms with Crippen molar-refractivity contribution in [2.75, 3.05) is 5.32 Å². The minimum atomic E-state index is -0.329. The molecule has 2 heterocycles. The van der Waals surface area contributed by atoms with Gasteiger partial charge in [-0.1, -0.05) is 35.9 Å². The molecule has 1 atom stereocenters. The fourth-order valence-corrected chi connectivity index (χ4v) is 4.33. The molecule has 2 aromatic rings. The molecule has 3 N–H and O–H groups in total. The summed E-state index contributed by atoms with van der Waals surface area (Å²) in [4.78, 5) is 38.8. The molecule has 32 heavy (non-hydrogen) atoms. The van der Waals surface area contributed by atoms with Crippen LogP contribution in [-0.2, 0) is 17.9 Å². The monoisotopic (exact) mass is 452 g/mol. The molecule has 1 saturated heterocycles. The van der Waals surface area contributed by atoms with Crippen LogP contribution in [0, 0.1) is 6.92 Å². The van der Waals surface area contributed by atoms with Crippen LogP contribution in [0.4, 0.5) is 10.5 Å². The average Bonchev–Trinajstić information content (AvgIpc) is 3.10. The van der Waals surface area contributed by atoms with Gasteiger partial charge in [0.2, 0.25) is 5.91 Å². The Morgan fingerprint density at radius 3 is 2.84 bits per heavy atom. The van der Waals surface area contributed by atoms with Gasteiger partial charge < -0.3 is 20.9 Å². The number of nitrogens with one attached hydrogen (secondary N) is 3. The zero-order valence-corrected chi connectivity index (χ0v) is 18.8. The molecule has 8 heteroatoms. The highest BCUT2D eigenvalue weighted by Gasteiger charge is 2.36. The molecule has 0 bridgehead atoms. The van der Waals surface area contributed by atoms with E-state index in [1.54, 1.807) is 12.1 Å². The molecule has 2 aliphatic rings. The number of fused-ring (bicyclic) bond motifs is 1. The van der Waals surface area contributed by atoms with Crippen LogP contribution in [0.2, 0.25) is 5.02 Å². The Hall–Kier alpha value is -3.32. The number of piperidine rings is 1. The summed E-state index contributed by atoms with van der Waals surface area (Å²) in [5.41, 5.74) is 4.84. The molecule has 0 aliphatic carbocycles. The SMILES string of the molecule is CC=C1NC(=O)CCC1N1Cc2cc(CNC(=O)Nc3cc(Cl)ccc3C)ccc2C1=O. The van der Waals surface area contributed by atoms with E-state index >= 15 is 0 Å². The van der Waals surface area contributed by atoms with Gasteiger partial charge >= 0.3 is 6.03 Å². The van der Waals surface area contributed by atoms with Crippen molar-refractivity contribution in [3.8, 4) is 0 Å². The molecule has 4 rings (SSSR count). The van der Waals surface area contributed by atoms with Gasteiger partial charge in [-0.15, -0.1) is 0 Å². The first kappa shape index (κ1) is 21.9. The van der Waals surface area contributed by atoms with Gasteiger partial charge in [0, 0.05) is 41.5 Å². The molecular formula is C24H25ClN4O3. The van der Waals surface area contributed by atoms with E-state index in [4.69, 9.17) is 11.6 Å². The lowest BCUT2D eigenvalue weighted by atomic mass is 10.0. The third-order valence-corrected chi connectivity index (χ3v) is 6.11. The Kier molecular flexibility index (Phi) is 6.19. The normalized spacial score (nSPS) is 19.0. The first-order chi connectivity index (χ1) is 15.4. The van der Waals surface area contributed by atoms with Crippen LogP contribution in [0.1, 0.15) is 46.8 Å². The first-order valence-electron chi connectivity index (χ1n) is 10.6. The highest BCUT2D eigenvalue weighted by Crippen LogP contribution is 2.30. The zero-order valence-electron chi connectivity index (χ0n) is 18.0. The van der Waals surface area contributed by atoms with Gasteiger partial charge in [0.25, 0.3) is 5.91 Å². The van der Waals surface area contributed by atoms with Gasteiger partial charge in [0.1, 0.15) is 0 Å². The summed E-state index contributed by atoms with van der Waals surface area (Å²) in [7, 11) is 0. The van der Waals surface area contributed by atoms with Crippen molar-refractivity contribution in [3.63, 3.8) is 0 Å². The van der Waals surface area contributed by atoms with E-state index in [2.05, 4.69) is 16.0 Å². The molecule has 0 spiro atoms. The highest BCUT2D eigenvalue weighted by atomic mass is 35.5. The van der Waals surface area contributed by atoms with Crippen LogP contribution in [0.3, 0.4) is 0 Å². The van der Waals surface area contributed by atoms with Gasteiger partial charge in [0.15, 0.2) is 0 Å². The van der Waals surface area contributed by atoms with Crippen molar-refractivity contribution in [1.82, 2.24) is 15.5 Å². The molecule has 166 valence electrons. The lowest BCUT2D eigenvalue weighted by molar-refractivity contribution is -0.121. The predicted molar refractivity (Wildman–Crippen MR) is 123 cm³/mol. The molecule has 0 radical (unpaired) electrons. The summed E-state index contributed by atoms with van der Waals surface area (Å²) in [5, 5.41) is 9.08. The number of carbonyl (C=O) groups excluding carboxylic acids is 3. The third-order valence-electron chi connectivity index (χ3n) is 5.88. The summed E-state index contributed by atoms with van der Waals surface area (Å²) >= 11 is 6.01. The molecule has 1 fully saturated rings. The minimum absolute atomic E-state index is 0.0156. The van der Waals surface area contributed by atoms with Crippen molar-refractivity contribution >= 4 is 35.1 Å². The quantitative estimate of drug-likeness (QED) is 0.652. The second-order valence-corrected chi connectivity index (χ2v) is 8.47. The largest absolute Gasteiger partial charge is 0.334 e. The lowest BCUT2D eigenvalue weighted by Gasteiger charge is -2.33. The van der Waals surface area contributed by atoms with Crippen LogP contribution in [0.15, 0.2) is 48.2 Å². The number of hydrogen-bond acceptors (Lipinski definition) is 3. The number of amides is 4. The van der Waals surface area contributed by atoms with E-state index in [9.17, 15) is 14.4 Å². The maximum atomic E-state index is 13.0. The number of rotatable bonds is 4. The molecule has 0 aromatic heterocycles. The maximum absolute atomic E-state index is 13.0. The Labute approximate surface area is 191 Å². The number of hydrogen-bond donors (Lipinski definition) is 3. The van der Waals surface area contributed by atoms with Crippen LogP contribution in [-0.4, -0.2) is 28.8 Å². The number of urea groups is 1. The van der Waals surface area contributed by atoms with Crippen molar-refractivity contribution < 1.29 is 14.4 Å². The van der Waals surface area contributed by atoms with Gasteiger partial charge in [0.05, 0.1) is 6.04 Å². The molecule has 2 aliphatic heterocycles. The summed E-state index contributed by atoms with van der Waals surface area (Å²) in [5.74, 6) is -0.0488. The molecule has 1 unspecified atom stereocenters. The van der Waals surface area contributed by atoms with Crippen molar-refractivity contribution in [1.29, 1.82) is 0 Å². The van der Waals surface area contributed by atoms with E-state index in [-0.39, 0.29) is 23.9 Å². The second-order valence-electron chi connectivity index (χ2n) is 8.04. The third kappa shape index (κ3) is 4.48. The zero-order chi connectivity index (χ0) is 22.8. The Morgan fingerprint density at radius 2 is 2.06 bits per heavy atom. The number of carbonyl (C=O) groups is 3. The summed E-state index contributed by atoms with van der Waals surface area (Å²) in [6, 6.07) is 10.5. The molecule has 4 amide bonds. The number of nitrogens with zero attached hydrogens (tertiary/aromatic N) is 1. The number of allylic oxidation sites excluding steroid dienone is 1. The minimum Gasteiger partial charge on any atom is -0.334 e. The van der Waals surface area contributed by atoms with E-state index in [1.165, 1.54) is 0 Å². The fraction of sp³-hybridized carbons (Fsp3) is 0.292. The van der Waals surface area contributed by atoms with E-state index in [0.717, 1.165) is 22.4 Å². The van der Waals surface area contributed by atoms with Crippen molar-refractivity contribution in [3.05, 3.63) is 75.4 Å². The Balaban J connectivity index is 1.41. The topological polar surface area (TPSA) is 90.5 Å². The van der Waals surface area contributed by atoms with Crippen LogP contribution >= 0.6 is 11.6 Å². The highest BCUT2D eigenvalue weighted by molar-refractivity contribution is 6.31. The van der Waals surface area contributed by atoms with Crippen LogP contribution < -0.4 is 16.0 Å². The lowest BCUT2D eigenvalue weighted by Crippen LogP contribution is -2.46. The Morgan fingerprint density at radius 1 is 1.25 bits per heavy atom. The smallest absolute Gasteiger partial charge is 0.319 e. The number of aryl methyl sites for hydroxylation is 1. The molecular weight excluding hydrogens is 428 g/mol. The van der Waals surface area contributed by atoms with E-state index in [0.29, 0.717) is 42.2 Å². The van der Waals surface area contributed by atoms with Crippen LogP contribution in [0.25, 0.3) is 0 Å². The summed E-state index contributed by atoms with van der Waals surface area (Å²) in [6.07, 6.45) is 2.87. The second kappa shape index (κ2) is 9.04. The Bertz CT molecular complexity index is 1130. The van der Waals surface area contributed by atoms with Gasteiger partial charge in [-0.3, -0.25) is 9.59 Å². The number of halogens is 1. The fourth-order valence-electron chi connectivity index (χ4n) is 4.15. The van der Waals surface area contributed by atoms with Crippen molar-refractivity contribution in [2.24, 2.45) is 0 Å². The van der Waals surface area contributed by atoms with E-state index in [1.807, 2.05) is 49.1 Å². The predicted octanol–water partition coefficient (Wildman–Crippen LogP) is 4.11. The van der Waals surface area contributed by atoms with Crippen LogP contribution in [0.5, 0.6) is 0 Å². The van der Waals surface area contributed by atoms with Gasteiger partial charge in [-0.25, -0.2) is 4.79 Å². The summed E-state index contributed by atoms with van der Waals surface area (Å²) in [6.45, 7) is 4.56. The average molecular weight is 453 g/mol. The number of benzene rings is 2. The molecule has 7 nitrogen and oxygen atoms in total. The first-order valence-corrected chi connectivity index (χ1v) is 10.9. The van der Waals surface area contributed by atoms with Gasteiger partial charge in [-0.05, 0) is 55.2 Å². The standard InChI is InChI=1S/C24H25ClN4O3/c1-3-19-21(8-9-22(30)27-19)29-13-16-10-15(5-7-18(16)23(29)31)12-26-24(32)28-20-11-17(25)6-4-14(20)2/h3-7,10-11,21H,8-9,12-13H2,1-2H3,(H,27,30)(H2,26,28,32). The van der Waals surface area contributed by atoms with Crippen molar-refractivity contribution in [2.45, 2.75) is 45.8 Å². The van der Waals surface area contributed by atoms with Gasteiger partial charge in [-0.2, -0.15) is 0 Å². The molecule has 2 aromatic carbocycles. The van der Waals surface area contributed by atoms with E-state index < -0.39 is 0 Å². The molecule has 0 saturated carbocycles.